The average molecular weight is 1690 g/mol. The summed E-state index contributed by atoms with van der Waals surface area (Å²) in [6, 6.07) is 37.0. The minimum atomic E-state index is -6.45. The fraction of sp³-hybridized carbons (Fsp3) is 0.208. The van der Waals surface area contributed by atoms with Gasteiger partial charge in [0.1, 0.15) is 5.82 Å². The molecule has 13 aromatic carbocycles. The number of imidazole rings is 1. The normalized spacial score (nSPS) is 17.2. The topological polar surface area (TPSA) is 35.9 Å². The summed E-state index contributed by atoms with van der Waals surface area (Å²) in [6.45, 7) is 22.0. The number of aromatic nitrogens is 4. The molecule has 113 heavy (non-hydrogen) atoms. The maximum atomic E-state index is 11.4. The molecule has 2 aliphatic rings. The van der Waals surface area contributed by atoms with Crippen LogP contribution in [-0.2, 0) is 48.1 Å². The number of ether oxygens (including phenoxy) is 1. The minimum absolute atomic E-state index is 0. The summed E-state index contributed by atoms with van der Waals surface area (Å²) in [6.07, 6.45) is 7.18. The molecule has 0 radical (unpaired) electrons. The molecule has 0 N–H and O–H groups in total. The van der Waals surface area contributed by atoms with Crippen LogP contribution in [0.5, 0.6) is 11.5 Å². The third kappa shape index (κ3) is 12.9. The van der Waals surface area contributed by atoms with E-state index in [1.807, 2.05) is 81.9 Å². The average Bonchev–Trinajstić information content (AvgIpc) is 0.789. The number of nitrogens with zero attached hydrogens (tertiary/aromatic N) is 4. The van der Waals surface area contributed by atoms with Gasteiger partial charge in [0.15, 0.2) is 8.07 Å². The Hall–Kier alpha value is -11.0. The number of aryl methyl sites for hydroxylation is 2. The van der Waals surface area contributed by atoms with Gasteiger partial charge in [-0.1, -0.05) is 301 Å². The van der Waals surface area contributed by atoms with Gasteiger partial charge in [-0.05, 0) is 234 Å². The first-order valence-electron chi connectivity index (χ1n) is 50.3. The second-order valence-electron chi connectivity index (χ2n) is 34.0. The molecule has 0 unspecified atom stereocenters. The first-order valence-corrected chi connectivity index (χ1v) is 39.8. The van der Waals surface area contributed by atoms with E-state index in [0.29, 0.717) is 67.0 Å². The van der Waals surface area contributed by atoms with Gasteiger partial charge in [0, 0.05) is 52.5 Å². The van der Waals surface area contributed by atoms with Crippen LogP contribution in [0.4, 0.5) is 0 Å². The number of pyridine rings is 1. The van der Waals surface area contributed by atoms with Crippen molar-refractivity contribution in [3.05, 3.63) is 342 Å². The molecule has 16 aromatic rings. The van der Waals surface area contributed by atoms with E-state index < -0.39 is 185 Å². The number of rotatable bonds is 11. The Bertz CT molecular complexity index is 7600. The molecule has 0 bridgehead atoms. The Morgan fingerprint density at radius 1 is 0.460 bits per heavy atom. The van der Waals surface area contributed by atoms with Crippen LogP contribution in [0.1, 0.15) is 176 Å². The summed E-state index contributed by atoms with van der Waals surface area (Å²) in [5, 5.41) is -2.21. The fourth-order valence-corrected chi connectivity index (χ4v) is 20.1. The molecule has 0 fully saturated rings. The molecule has 4 heterocycles. The van der Waals surface area contributed by atoms with E-state index in [4.69, 9.17) is 13.8 Å². The first-order chi connectivity index (χ1) is 64.0. The largest absolute Gasteiger partial charge is 0.510 e. The van der Waals surface area contributed by atoms with Crippen LogP contribution in [-0.4, -0.2) is 22.2 Å². The van der Waals surface area contributed by atoms with Crippen LogP contribution in [0.2, 0.25) is 0 Å². The van der Waals surface area contributed by atoms with Crippen molar-refractivity contribution in [1.82, 2.24) is 14.1 Å². The first kappa shape index (κ1) is 50.9. The quantitative estimate of drug-likeness (QED) is 0.0560. The second kappa shape index (κ2) is 28.0. The summed E-state index contributed by atoms with van der Waals surface area (Å²) in [4.78, 5) is 4.93. The van der Waals surface area contributed by atoms with Crippen LogP contribution in [0.25, 0.3) is 117 Å². The fourth-order valence-electron chi connectivity index (χ4n) is 16.6. The SMILES string of the molecule is [2H]c1c([2H])c([2H])c([Si](c2c([2H])c([2H])c([2H])c([2H])c2[2H])(c2c([2H])c([2H])c([2H])c([2H])c2[2H])c2c([2H])c([2H])c([2H])c(-c3cc4c5c(c3)n(-c3[c-]c(Oc6[c-]c7c(cc6)c6ccccc6n7-c6cc(C(C)(C)C)ccn6)ccc3)[c-][n+]5-c3c(-c5cc(C(C)(C)C)cc(C(C)(C)C)c5)cc(-c5c(C([2H])([2H])[2H])cccc5C([2H])([2H])[2H])cc3-c3cc5c(cc3-c3ccccc3-4)C(C)(C)CCC5(C)C)c2[2H])c([2H])c1[2H].[Pt]. The molecule has 562 valence electrons. The molecule has 0 spiro atoms. The molecule has 7 heteroatoms. The Labute approximate surface area is 718 Å². The summed E-state index contributed by atoms with van der Waals surface area (Å²) in [7, 11) is -6.45. The van der Waals surface area contributed by atoms with Gasteiger partial charge in [0.2, 0.25) is 0 Å². The van der Waals surface area contributed by atoms with Gasteiger partial charge < -0.3 is 13.9 Å². The number of fused-ring (bicyclic) bond motifs is 11. The number of benzene rings is 13. The van der Waals surface area contributed by atoms with Crippen molar-refractivity contribution in [3.63, 3.8) is 0 Å². The van der Waals surface area contributed by atoms with Gasteiger partial charge in [-0.3, -0.25) is 4.57 Å². The van der Waals surface area contributed by atoms with Crippen molar-refractivity contribution in [2.24, 2.45) is 0 Å². The summed E-state index contributed by atoms with van der Waals surface area (Å²) < 4.78 is 256. The van der Waals surface area contributed by atoms with Crippen LogP contribution >= 0.6 is 0 Å². The van der Waals surface area contributed by atoms with E-state index in [9.17, 15) is 30.2 Å². The Balaban J connectivity index is 0.0000132. The maximum absolute atomic E-state index is 11.4. The van der Waals surface area contributed by atoms with Gasteiger partial charge in [0.05, 0.1) is 42.8 Å². The number of hydrogen-bond donors (Lipinski definition) is 0. The van der Waals surface area contributed by atoms with Gasteiger partial charge in [-0.25, -0.2) is 4.98 Å². The van der Waals surface area contributed by atoms with Crippen molar-refractivity contribution in [1.29, 1.82) is 0 Å². The predicted molar refractivity (Wildman–Crippen MR) is 471 cm³/mol. The van der Waals surface area contributed by atoms with E-state index in [1.165, 1.54) is 18.2 Å². The molecule has 0 saturated heterocycles. The summed E-state index contributed by atoms with van der Waals surface area (Å²) in [5.74, 6) is 1.05. The van der Waals surface area contributed by atoms with E-state index in [-0.39, 0.29) is 77.0 Å². The molecular formula is C106H96N4OPtSi-2. The number of hydrogen-bond acceptors (Lipinski definition) is 2. The minimum Gasteiger partial charge on any atom is -0.510 e. The Morgan fingerprint density at radius 3 is 1.64 bits per heavy atom. The van der Waals surface area contributed by atoms with Crippen LogP contribution in [0, 0.1) is 32.2 Å². The van der Waals surface area contributed by atoms with E-state index in [1.54, 1.807) is 47.2 Å². The van der Waals surface area contributed by atoms with Gasteiger partial charge in [-0.2, -0.15) is 18.2 Å². The van der Waals surface area contributed by atoms with Crippen molar-refractivity contribution < 1.29 is 64.6 Å². The van der Waals surface area contributed by atoms with Crippen molar-refractivity contribution >= 4 is 61.7 Å². The standard InChI is InChI=1S/C106H96N4OSi.Pt/c1-68-32-29-33-69(2)99(68)73-58-88(72-54-75(103(6,7)8)61-76(55-72)104(9,10)11)100-92(59-73)90-66-94-93(105(12,13)51-52-106(94,14)15)65-89(90)84-44-25-26-45-85(84)91-57-71(70-34-30-43-83(56-70)112(80-37-19-16-20-38-80,81-39-21-17-22-40-81)82-41-23-18-24-42-82)60-97-101(91)109(100)67-108(97)77-35-31-36-78(63-77)111-79-48-49-87-86-46-27-28-47-95(86)110(96(87)64-79)98-62-74(50-53-107-98)102(3,4)5;/h16-50,53-62,65-66H,51-52H2,1-15H3;/q-2;/i1D3,2D3,16D,17D,18D,19D,20D,21D,22D,23D,24D,30D,34D,37D,38D,39D,40D,41D,42D,43D,56D;. The van der Waals surface area contributed by atoms with Gasteiger partial charge in [-0.15, -0.1) is 29.7 Å². The smallest absolute Gasteiger partial charge is 0.268 e. The van der Waals surface area contributed by atoms with Crippen molar-refractivity contribution in [3.8, 4) is 95.5 Å². The molecule has 0 atom stereocenters. The van der Waals surface area contributed by atoms with Crippen molar-refractivity contribution in [2.75, 3.05) is 0 Å². The molecule has 0 amide bonds. The van der Waals surface area contributed by atoms with E-state index in [2.05, 4.69) is 145 Å². The van der Waals surface area contributed by atoms with Crippen LogP contribution in [0.15, 0.2) is 285 Å². The zero-order valence-electron chi connectivity index (χ0n) is 90.1. The van der Waals surface area contributed by atoms with Crippen molar-refractivity contribution in [2.45, 2.75) is 144 Å². The van der Waals surface area contributed by atoms with Gasteiger partial charge in [0.25, 0.3) is 6.33 Å². The van der Waals surface area contributed by atoms with E-state index >= 15 is 0 Å². The second-order valence-corrected chi connectivity index (χ2v) is 37.5. The van der Waals surface area contributed by atoms with Crippen LogP contribution < -0.4 is 30.1 Å². The molecular weight excluding hydrogens is 1570 g/mol. The molecule has 0 saturated carbocycles. The predicted octanol–water partition coefficient (Wildman–Crippen LogP) is 24.1. The number of para-hydroxylation sites is 1. The maximum Gasteiger partial charge on any atom is 0.268 e. The molecule has 1 aliphatic carbocycles. The third-order valence-electron chi connectivity index (χ3n) is 22.7. The van der Waals surface area contributed by atoms with Crippen LogP contribution in [0.3, 0.4) is 0 Å². The van der Waals surface area contributed by atoms with E-state index in [0.717, 1.165) is 56.9 Å². The molecule has 5 nitrogen and oxygen atoms in total. The summed E-state index contributed by atoms with van der Waals surface area (Å²) >= 11 is 0. The third-order valence-corrected chi connectivity index (χ3v) is 26.7. The Morgan fingerprint density at radius 2 is 1.02 bits per heavy atom. The summed E-state index contributed by atoms with van der Waals surface area (Å²) in [5.41, 5.74) is 8.23. The molecule has 3 aromatic heterocycles. The van der Waals surface area contributed by atoms with Gasteiger partial charge >= 0.3 is 0 Å². The zero-order valence-corrected chi connectivity index (χ0v) is 68.4. The monoisotopic (exact) mass is 1690 g/mol. The zero-order chi connectivity index (χ0) is 99.1. The molecule has 1 aliphatic heterocycles. The molecule has 18 rings (SSSR count). The Kier molecular flexibility index (Phi) is 12.6.